The Kier molecular flexibility index (Phi) is 7.75. The topological polar surface area (TPSA) is 22.4 Å². The number of aryl methyl sites for hydroxylation is 1. The lowest BCUT2D eigenvalue weighted by atomic mass is 9.92. The maximum absolute atomic E-state index is 6.41. The van der Waals surface area contributed by atoms with Crippen molar-refractivity contribution >= 4 is 21.9 Å². The van der Waals surface area contributed by atoms with Crippen LogP contribution in [0.2, 0.25) is 0 Å². The molecule has 2 nitrogen and oxygen atoms in total. The van der Waals surface area contributed by atoms with E-state index in [0.717, 1.165) is 50.1 Å². The highest BCUT2D eigenvalue weighted by atomic mass is 16.5. The molecule has 0 unspecified atom stereocenters. The summed E-state index contributed by atoms with van der Waals surface area (Å²) in [4.78, 5) is 0. The quantitative estimate of drug-likeness (QED) is 0.171. The number of hydrogen-bond acceptors (Lipinski definition) is 2. The molecule has 0 aliphatic rings. The van der Waals surface area contributed by atoms with Gasteiger partial charge in [-0.1, -0.05) is 133 Å². The summed E-state index contributed by atoms with van der Waals surface area (Å²) in [5.41, 5.74) is 14.6. The van der Waals surface area contributed by atoms with E-state index in [9.17, 15) is 0 Å². The lowest BCUT2D eigenvalue weighted by molar-refractivity contribution is 0.478. The average Bonchev–Trinajstić information content (AvgIpc) is 3.55. The third kappa shape index (κ3) is 6.09. The minimum absolute atomic E-state index is 0.784. The van der Waals surface area contributed by atoms with Gasteiger partial charge in [0.15, 0.2) is 0 Å². The summed E-state index contributed by atoms with van der Waals surface area (Å²) in [6.45, 7) is 2.09. The molecule has 0 bridgehead atoms. The van der Waals surface area contributed by atoms with Gasteiger partial charge in [0, 0.05) is 16.8 Å². The average molecular weight is 655 g/mol. The lowest BCUT2D eigenvalue weighted by Gasteiger charge is -2.12. The third-order valence-corrected chi connectivity index (χ3v) is 9.65. The summed E-state index contributed by atoms with van der Waals surface area (Å²) in [5.74, 6) is 1.57. The molecule has 0 fully saturated rings. The Morgan fingerprint density at radius 2 is 0.745 bits per heavy atom. The highest BCUT2D eigenvalue weighted by Gasteiger charge is 2.13. The molecule has 0 amide bonds. The molecule has 8 aromatic carbocycles. The van der Waals surface area contributed by atoms with Gasteiger partial charge in [0.25, 0.3) is 0 Å². The van der Waals surface area contributed by atoms with Crippen molar-refractivity contribution in [2.24, 2.45) is 0 Å². The Labute approximate surface area is 297 Å². The molecule has 51 heavy (non-hydrogen) atoms. The summed E-state index contributed by atoms with van der Waals surface area (Å²) in [6.07, 6.45) is 0. The van der Waals surface area contributed by atoms with Gasteiger partial charge in [-0.25, -0.2) is 0 Å². The van der Waals surface area contributed by atoms with Crippen molar-refractivity contribution in [1.82, 2.24) is 0 Å². The molecule has 1 heterocycles. The van der Waals surface area contributed by atoms with Crippen LogP contribution < -0.4 is 4.74 Å². The highest BCUT2D eigenvalue weighted by molar-refractivity contribution is 6.07. The molecule has 0 spiro atoms. The van der Waals surface area contributed by atoms with Crippen LogP contribution in [0.25, 0.3) is 77.6 Å². The minimum Gasteiger partial charge on any atom is -0.457 e. The molecule has 0 aliphatic carbocycles. The number of benzene rings is 8. The Bertz CT molecular complexity index is 2560. The summed E-state index contributed by atoms with van der Waals surface area (Å²) in [6, 6.07) is 66.2. The molecule has 0 radical (unpaired) electrons. The second-order valence-electron chi connectivity index (χ2n) is 13.0. The fourth-order valence-electron chi connectivity index (χ4n) is 6.92. The smallest absolute Gasteiger partial charge is 0.139 e. The van der Waals surface area contributed by atoms with Crippen molar-refractivity contribution in [2.45, 2.75) is 6.92 Å². The van der Waals surface area contributed by atoms with Crippen LogP contribution in [0.15, 0.2) is 192 Å². The van der Waals surface area contributed by atoms with Gasteiger partial charge in [-0.2, -0.15) is 0 Å². The van der Waals surface area contributed by atoms with Crippen molar-refractivity contribution in [1.29, 1.82) is 0 Å². The predicted molar refractivity (Wildman–Crippen MR) is 212 cm³/mol. The molecule has 1 aromatic heterocycles. The zero-order valence-corrected chi connectivity index (χ0v) is 28.2. The summed E-state index contributed by atoms with van der Waals surface area (Å²) in [5, 5.41) is 2.20. The van der Waals surface area contributed by atoms with Crippen molar-refractivity contribution in [3.8, 4) is 67.1 Å². The maximum atomic E-state index is 6.41. The maximum Gasteiger partial charge on any atom is 0.139 e. The first kappa shape index (κ1) is 30.4. The van der Waals surface area contributed by atoms with Crippen LogP contribution in [-0.4, -0.2) is 0 Å². The second kappa shape index (κ2) is 13.0. The summed E-state index contributed by atoms with van der Waals surface area (Å²) < 4.78 is 12.7. The first-order chi connectivity index (χ1) is 25.1. The van der Waals surface area contributed by atoms with Gasteiger partial charge in [-0.15, -0.1) is 0 Å². The van der Waals surface area contributed by atoms with E-state index in [-0.39, 0.29) is 0 Å². The molecule has 0 saturated heterocycles. The van der Waals surface area contributed by atoms with Crippen LogP contribution in [0.1, 0.15) is 5.56 Å². The first-order valence-electron chi connectivity index (χ1n) is 17.3. The summed E-state index contributed by atoms with van der Waals surface area (Å²) in [7, 11) is 0. The van der Waals surface area contributed by atoms with Gasteiger partial charge in [-0.05, 0) is 117 Å². The van der Waals surface area contributed by atoms with E-state index in [1.54, 1.807) is 0 Å². The van der Waals surface area contributed by atoms with Crippen LogP contribution in [0.4, 0.5) is 0 Å². The fourth-order valence-corrected chi connectivity index (χ4v) is 6.92. The van der Waals surface area contributed by atoms with E-state index in [0.29, 0.717) is 0 Å². The monoisotopic (exact) mass is 654 g/mol. The Morgan fingerprint density at radius 3 is 1.27 bits per heavy atom. The second-order valence-corrected chi connectivity index (χ2v) is 13.0. The van der Waals surface area contributed by atoms with E-state index in [2.05, 4.69) is 171 Å². The highest BCUT2D eigenvalue weighted by Crippen LogP contribution is 2.38. The minimum atomic E-state index is 0.784. The molecule has 0 N–H and O–H groups in total. The molecule has 9 rings (SSSR count). The van der Waals surface area contributed by atoms with Gasteiger partial charge in [0.05, 0.1) is 0 Å². The zero-order chi connectivity index (χ0) is 34.1. The largest absolute Gasteiger partial charge is 0.457 e. The van der Waals surface area contributed by atoms with Crippen molar-refractivity contribution < 1.29 is 9.15 Å². The molecule has 242 valence electrons. The summed E-state index contributed by atoms with van der Waals surface area (Å²) >= 11 is 0. The van der Waals surface area contributed by atoms with E-state index >= 15 is 0 Å². The lowest BCUT2D eigenvalue weighted by Crippen LogP contribution is -1.88. The molecule has 0 atom stereocenters. The standard InChI is InChI=1S/C49H34O2/c1-33-27-45-46-31-40(34-11-5-2-6-12-34)23-26-47(46)51-49(45)32-48(33)50-44-24-21-38(22-25-44)37-17-19-39(20-18-37)43-29-41(35-13-7-3-8-14-35)28-42(30-43)36-15-9-4-10-16-36/h2-32H,1H3. The number of ether oxygens (including phenoxy) is 1. The Hall–Kier alpha value is -6.64. The van der Waals surface area contributed by atoms with Gasteiger partial charge >= 0.3 is 0 Å². The van der Waals surface area contributed by atoms with Gasteiger partial charge in [-0.3, -0.25) is 0 Å². The van der Waals surface area contributed by atoms with Crippen LogP contribution >= 0.6 is 0 Å². The first-order valence-corrected chi connectivity index (χ1v) is 17.3. The molecule has 2 heteroatoms. The number of furan rings is 1. The van der Waals surface area contributed by atoms with Crippen LogP contribution in [0.5, 0.6) is 11.5 Å². The number of rotatable bonds is 7. The number of fused-ring (bicyclic) bond motifs is 3. The normalized spacial score (nSPS) is 11.2. The van der Waals surface area contributed by atoms with Crippen molar-refractivity contribution in [3.05, 3.63) is 194 Å². The van der Waals surface area contributed by atoms with E-state index < -0.39 is 0 Å². The van der Waals surface area contributed by atoms with E-state index in [4.69, 9.17) is 9.15 Å². The third-order valence-electron chi connectivity index (χ3n) is 9.65. The SMILES string of the molecule is Cc1cc2c(cc1Oc1ccc(-c3ccc(-c4cc(-c5ccccc5)cc(-c5ccccc5)c4)cc3)cc1)oc1ccc(-c3ccccc3)cc12. The Balaban J connectivity index is 0.964. The predicted octanol–water partition coefficient (Wildman–Crippen LogP) is 14.0. The fraction of sp³-hybridized carbons (Fsp3) is 0.0204. The zero-order valence-electron chi connectivity index (χ0n) is 28.2. The van der Waals surface area contributed by atoms with Gasteiger partial charge in [0.1, 0.15) is 22.7 Å². The van der Waals surface area contributed by atoms with Gasteiger partial charge in [0.2, 0.25) is 0 Å². The van der Waals surface area contributed by atoms with E-state index in [1.165, 1.54) is 44.5 Å². The molecule has 0 aliphatic heterocycles. The van der Waals surface area contributed by atoms with Crippen LogP contribution in [0.3, 0.4) is 0 Å². The van der Waals surface area contributed by atoms with Crippen LogP contribution in [-0.2, 0) is 0 Å². The molecule has 9 aromatic rings. The number of hydrogen-bond donors (Lipinski definition) is 0. The Morgan fingerprint density at radius 1 is 0.333 bits per heavy atom. The van der Waals surface area contributed by atoms with Gasteiger partial charge < -0.3 is 9.15 Å². The molecular weight excluding hydrogens is 621 g/mol. The van der Waals surface area contributed by atoms with E-state index in [1.807, 2.05) is 24.3 Å². The van der Waals surface area contributed by atoms with Crippen molar-refractivity contribution in [3.63, 3.8) is 0 Å². The molecular formula is C49H34O2. The van der Waals surface area contributed by atoms with Crippen molar-refractivity contribution in [2.75, 3.05) is 0 Å². The molecule has 0 saturated carbocycles. The van der Waals surface area contributed by atoms with Crippen LogP contribution in [0, 0.1) is 6.92 Å².